The van der Waals surface area contributed by atoms with Crippen molar-refractivity contribution in [2.45, 2.75) is 43.9 Å². The number of amides is 1. The van der Waals surface area contributed by atoms with E-state index in [1.54, 1.807) is 0 Å². The zero-order chi connectivity index (χ0) is 26.1. The Morgan fingerprint density at radius 3 is 2.71 bits per heavy atom. The van der Waals surface area contributed by atoms with Crippen molar-refractivity contribution in [3.63, 3.8) is 0 Å². The monoisotopic (exact) mass is 519 g/mol. The molecule has 0 spiro atoms. The molecule has 9 nitrogen and oxygen atoms in total. The number of piperidine rings is 2. The van der Waals surface area contributed by atoms with Gasteiger partial charge in [0.1, 0.15) is 18.2 Å². The van der Waals surface area contributed by atoms with Gasteiger partial charge in [-0.1, -0.05) is 12.6 Å². The van der Waals surface area contributed by atoms with Gasteiger partial charge in [0.05, 0.1) is 30.6 Å². The molecule has 38 heavy (non-hydrogen) atoms. The van der Waals surface area contributed by atoms with Crippen molar-refractivity contribution in [2.75, 3.05) is 62.7 Å². The highest BCUT2D eigenvalue weighted by Gasteiger charge is 2.35. The third-order valence-corrected chi connectivity index (χ3v) is 8.52. The van der Waals surface area contributed by atoms with E-state index in [1.807, 2.05) is 17.2 Å². The van der Waals surface area contributed by atoms with E-state index in [0.717, 1.165) is 106 Å². The van der Waals surface area contributed by atoms with Crippen LogP contribution >= 0.6 is 0 Å². The van der Waals surface area contributed by atoms with Crippen LogP contribution in [-0.4, -0.2) is 90.4 Å². The van der Waals surface area contributed by atoms with Crippen LogP contribution in [-0.2, 0) is 16.1 Å². The quantitative estimate of drug-likeness (QED) is 0.596. The first-order valence-corrected chi connectivity index (χ1v) is 13.8. The lowest BCUT2D eigenvalue weighted by Gasteiger charge is -2.44. The number of carbonyl (C=O) groups is 1. The number of aromatic nitrogens is 1. The average Bonchev–Trinajstić information content (AvgIpc) is 3.16. The Labute approximate surface area is 224 Å². The SMILES string of the molecule is C=CC(=O)N1CCC(N2CC[C@H](O)[C@@H](c3ccc4c(c3)OCc3c(N5CCOCC5)ccnc3N4)C2)CC1. The van der Waals surface area contributed by atoms with Gasteiger partial charge in [-0.25, -0.2) is 4.98 Å². The number of likely N-dealkylation sites (tertiary alicyclic amines) is 2. The Kier molecular flexibility index (Phi) is 7.23. The van der Waals surface area contributed by atoms with Crippen molar-refractivity contribution in [3.05, 3.63) is 54.2 Å². The predicted molar refractivity (Wildman–Crippen MR) is 146 cm³/mol. The number of fused-ring (bicyclic) bond motifs is 2. The molecule has 6 rings (SSSR count). The lowest BCUT2D eigenvalue weighted by atomic mass is 9.86. The summed E-state index contributed by atoms with van der Waals surface area (Å²) in [7, 11) is 0. The standard InChI is InChI=1S/C29H37N5O4/c1-2-28(36)33-10-6-21(7-11-33)34-12-8-26(35)22(18-34)20-3-4-24-27(17-20)38-19-23-25(5-9-30-29(23)31-24)32-13-15-37-16-14-32/h2-5,9,17,21-22,26,35H,1,6-8,10-16,18-19H2,(H,30,31)/t22-,26+/m1/s1. The van der Waals surface area contributed by atoms with Gasteiger partial charge in [-0.3, -0.25) is 9.69 Å². The Balaban J connectivity index is 1.17. The van der Waals surface area contributed by atoms with E-state index in [9.17, 15) is 9.90 Å². The molecular weight excluding hydrogens is 482 g/mol. The van der Waals surface area contributed by atoms with Crippen LogP contribution in [0.2, 0.25) is 0 Å². The van der Waals surface area contributed by atoms with Crippen LogP contribution in [0.15, 0.2) is 43.1 Å². The molecule has 1 amide bonds. The molecule has 4 aliphatic rings. The molecule has 1 aromatic carbocycles. The summed E-state index contributed by atoms with van der Waals surface area (Å²) in [6.07, 6.45) is 5.51. The molecular formula is C29H37N5O4. The fraction of sp³-hybridized carbons (Fsp3) is 0.517. The molecule has 5 heterocycles. The van der Waals surface area contributed by atoms with Crippen LogP contribution in [0.25, 0.3) is 0 Å². The molecule has 1 aromatic heterocycles. The number of anilines is 3. The molecule has 2 N–H and O–H groups in total. The fourth-order valence-corrected chi connectivity index (χ4v) is 6.31. The second-order valence-electron chi connectivity index (χ2n) is 10.6. The lowest BCUT2D eigenvalue weighted by molar-refractivity contribution is -0.127. The van der Waals surface area contributed by atoms with Crippen molar-refractivity contribution < 1.29 is 19.4 Å². The molecule has 0 unspecified atom stereocenters. The number of aliphatic hydroxyl groups is 1. The summed E-state index contributed by atoms with van der Waals surface area (Å²) < 4.78 is 11.9. The van der Waals surface area contributed by atoms with Crippen molar-refractivity contribution in [1.29, 1.82) is 0 Å². The summed E-state index contributed by atoms with van der Waals surface area (Å²) in [5.41, 5.74) is 4.17. The molecule has 3 fully saturated rings. The number of hydrogen-bond donors (Lipinski definition) is 2. The molecule has 202 valence electrons. The van der Waals surface area contributed by atoms with Gasteiger partial charge in [0, 0.05) is 63.1 Å². The maximum absolute atomic E-state index is 12.0. The van der Waals surface area contributed by atoms with Crippen LogP contribution in [0.5, 0.6) is 5.75 Å². The van der Waals surface area contributed by atoms with Gasteiger partial charge in [0.25, 0.3) is 0 Å². The summed E-state index contributed by atoms with van der Waals surface area (Å²) >= 11 is 0. The van der Waals surface area contributed by atoms with Gasteiger partial charge < -0.3 is 29.7 Å². The summed E-state index contributed by atoms with van der Waals surface area (Å²) in [5, 5.41) is 14.5. The second kappa shape index (κ2) is 10.9. The van der Waals surface area contributed by atoms with E-state index in [1.165, 1.54) is 6.08 Å². The van der Waals surface area contributed by atoms with Gasteiger partial charge in [0.15, 0.2) is 0 Å². The molecule has 9 heteroatoms. The maximum Gasteiger partial charge on any atom is 0.245 e. The van der Waals surface area contributed by atoms with Gasteiger partial charge in [0.2, 0.25) is 5.91 Å². The molecule has 4 aliphatic heterocycles. The molecule has 0 saturated carbocycles. The fourth-order valence-electron chi connectivity index (χ4n) is 6.31. The zero-order valence-corrected chi connectivity index (χ0v) is 21.8. The number of nitrogens with one attached hydrogen (secondary N) is 1. The highest BCUT2D eigenvalue weighted by molar-refractivity contribution is 5.87. The van der Waals surface area contributed by atoms with Gasteiger partial charge in [-0.15, -0.1) is 0 Å². The molecule has 2 aromatic rings. The van der Waals surface area contributed by atoms with E-state index < -0.39 is 6.10 Å². The average molecular weight is 520 g/mol. The number of ether oxygens (including phenoxy) is 2. The van der Waals surface area contributed by atoms with E-state index >= 15 is 0 Å². The highest BCUT2D eigenvalue weighted by atomic mass is 16.5. The zero-order valence-electron chi connectivity index (χ0n) is 21.8. The molecule has 0 bridgehead atoms. The van der Waals surface area contributed by atoms with Gasteiger partial charge in [-0.2, -0.15) is 0 Å². The van der Waals surface area contributed by atoms with Crippen LogP contribution in [0.3, 0.4) is 0 Å². The lowest BCUT2D eigenvalue weighted by Crippen LogP contribution is -2.51. The number of benzene rings is 1. The van der Waals surface area contributed by atoms with Crippen LogP contribution in [0.4, 0.5) is 17.2 Å². The second-order valence-corrected chi connectivity index (χ2v) is 10.6. The first-order chi connectivity index (χ1) is 18.6. The Morgan fingerprint density at radius 2 is 1.92 bits per heavy atom. The van der Waals surface area contributed by atoms with Crippen molar-refractivity contribution >= 4 is 23.1 Å². The number of nitrogens with zero attached hydrogens (tertiary/aromatic N) is 4. The van der Waals surface area contributed by atoms with Crippen molar-refractivity contribution in [1.82, 2.24) is 14.8 Å². The third kappa shape index (κ3) is 4.98. The van der Waals surface area contributed by atoms with E-state index in [0.29, 0.717) is 12.6 Å². The number of pyridine rings is 1. The normalized spacial score (nSPS) is 24.4. The maximum atomic E-state index is 12.0. The third-order valence-electron chi connectivity index (χ3n) is 8.52. The van der Waals surface area contributed by atoms with Gasteiger partial charge >= 0.3 is 0 Å². The number of rotatable bonds is 4. The number of hydrogen-bond acceptors (Lipinski definition) is 8. The highest BCUT2D eigenvalue weighted by Crippen LogP contribution is 2.40. The van der Waals surface area contributed by atoms with Crippen LogP contribution in [0, 0.1) is 0 Å². The van der Waals surface area contributed by atoms with E-state index in [-0.39, 0.29) is 11.8 Å². The minimum Gasteiger partial charge on any atom is -0.486 e. The summed E-state index contributed by atoms with van der Waals surface area (Å²) in [6, 6.07) is 8.73. The smallest absolute Gasteiger partial charge is 0.245 e. The number of morpholine rings is 1. The van der Waals surface area contributed by atoms with Crippen molar-refractivity contribution in [2.24, 2.45) is 0 Å². The van der Waals surface area contributed by atoms with E-state index in [2.05, 4.69) is 44.9 Å². The molecule has 2 atom stereocenters. The minimum absolute atomic E-state index is 0.0122. The van der Waals surface area contributed by atoms with Crippen LogP contribution < -0.4 is 15.0 Å². The number of aliphatic hydroxyl groups excluding tert-OH is 1. The summed E-state index contributed by atoms with van der Waals surface area (Å²) in [4.78, 5) is 23.3. The Bertz CT molecular complexity index is 1180. The topological polar surface area (TPSA) is 90.4 Å². The summed E-state index contributed by atoms with van der Waals surface area (Å²) in [5.74, 6) is 1.64. The Hall–Kier alpha value is -3.14. The molecule has 3 saturated heterocycles. The summed E-state index contributed by atoms with van der Waals surface area (Å²) in [6.45, 7) is 10.4. The van der Waals surface area contributed by atoms with Crippen molar-refractivity contribution in [3.8, 4) is 5.75 Å². The predicted octanol–water partition coefficient (Wildman–Crippen LogP) is 2.88. The van der Waals surface area contributed by atoms with E-state index in [4.69, 9.17) is 9.47 Å². The molecule has 0 radical (unpaired) electrons. The first-order valence-electron chi connectivity index (χ1n) is 13.8. The number of carbonyl (C=O) groups excluding carboxylic acids is 1. The largest absolute Gasteiger partial charge is 0.486 e. The van der Waals surface area contributed by atoms with Gasteiger partial charge in [-0.05, 0) is 49.1 Å². The molecule has 0 aliphatic carbocycles. The Morgan fingerprint density at radius 1 is 1.11 bits per heavy atom. The minimum atomic E-state index is -0.391. The van der Waals surface area contributed by atoms with Crippen LogP contribution in [0.1, 0.15) is 36.3 Å². The first kappa shape index (κ1) is 25.2.